The van der Waals surface area contributed by atoms with Gasteiger partial charge in [0.2, 0.25) is 10.0 Å². The van der Waals surface area contributed by atoms with Crippen molar-refractivity contribution in [3.05, 3.63) is 82.8 Å². The second kappa shape index (κ2) is 9.06. The van der Waals surface area contributed by atoms with Gasteiger partial charge in [0.15, 0.2) is 0 Å². The molecule has 176 valence electrons. The first-order valence-electron chi connectivity index (χ1n) is 10.5. The van der Waals surface area contributed by atoms with E-state index < -0.39 is 15.9 Å². The smallest absolute Gasteiger partial charge is 0.272 e. The quantitative estimate of drug-likeness (QED) is 0.372. The fourth-order valence-electron chi connectivity index (χ4n) is 3.52. The van der Waals surface area contributed by atoms with Crippen LogP contribution in [0.2, 0.25) is 0 Å². The van der Waals surface area contributed by atoms with Crippen LogP contribution in [-0.2, 0) is 10.0 Å². The average molecular weight is 481 g/mol. The van der Waals surface area contributed by atoms with E-state index in [0.717, 1.165) is 6.26 Å². The molecule has 0 saturated carbocycles. The number of hydrogen-bond acceptors (Lipinski definition) is 5. The molecule has 0 aliphatic heterocycles. The molecule has 0 atom stereocenters. The molecule has 2 heterocycles. The van der Waals surface area contributed by atoms with Gasteiger partial charge in [0, 0.05) is 17.1 Å². The summed E-state index contributed by atoms with van der Waals surface area (Å²) in [5.41, 5.74) is 1.84. The topological polar surface area (TPSA) is 122 Å². The predicted octanol–water partition coefficient (Wildman–Crippen LogP) is 3.73. The number of aromatic amines is 1. The zero-order valence-corrected chi connectivity index (χ0v) is 19.6. The standard InChI is InChI=1S/C24H24N4O5S/c1-15(2)33-20-10-8-19(9-11-20)28-22(29)12-7-16-13-21(26-23(16)28)24(30)25-17-5-4-6-18(14-17)27-34(3,31)32/h4-15,26-27H,1-3H3,(H,25,30). The predicted molar refractivity (Wildman–Crippen MR) is 133 cm³/mol. The molecule has 0 aliphatic rings. The van der Waals surface area contributed by atoms with Gasteiger partial charge in [-0.3, -0.25) is 18.9 Å². The van der Waals surface area contributed by atoms with Crippen molar-refractivity contribution in [1.29, 1.82) is 0 Å². The number of benzene rings is 2. The number of nitrogens with zero attached hydrogens (tertiary/aromatic N) is 1. The van der Waals surface area contributed by atoms with Gasteiger partial charge in [-0.15, -0.1) is 0 Å². The number of pyridine rings is 1. The van der Waals surface area contributed by atoms with Crippen LogP contribution in [-0.4, -0.2) is 36.2 Å². The molecule has 10 heteroatoms. The number of amides is 1. The first kappa shape index (κ1) is 23.1. The summed E-state index contributed by atoms with van der Waals surface area (Å²) in [5.74, 6) is 0.255. The molecule has 34 heavy (non-hydrogen) atoms. The number of rotatable bonds is 7. The molecule has 4 rings (SSSR count). The molecule has 0 radical (unpaired) electrons. The lowest BCUT2D eigenvalue weighted by atomic mass is 10.2. The van der Waals surface area contributed by atoms with E-state index in [1.54, 1.807) is 54.6 Å². The van der Waals surface area contributed by atoms with E-state index >= 15 is 0 Å². The summed E-state index contributed by atoms with van der Waals surface area (Å²) in [7, 11) is -3.45. The van der Waals surface area contributed by atoms with Crippen molar-refractivity contribution in [2.24, 2.45) is 0 Å². The monoisotopic (exact) mass is 480 g/mol. The molecule has 0 spiro atoms. The molecule has 0 saturated heterocycles. The molecule has 4 aromatic rings. The van der Waals surface area contributed by atoms with E-state index in [4.69, 9.17) is 4.74 Å². The number of fused-ring (bicyclic) bond motifs is 1. The lowest BCUT2D eigenvalue weighted by Gasteiger charge is -2.11. The van der Waals surface area contributed by atoms with Gasteiger partial charge in [0.05, 0.1) is 23.7 Å². The lowest BCUT2D eigenvalue weighted by Crippen LogP contribution is -2.18. The molecule has 9 nitrogen and oxygen atoms in total. The second-order valence-electron chi connectivity index (χ2n) is 8.06. The zero-order valence-electron chi connectivity index (χ0n) is 18.8. The van der Waals surface area contributed by atoms with E-state index in [1.807, 2.05) is 13.8 Å². The van der Waals surface area contributed by atoms with Gasteiger partial charge in [-0.2, -0.15) is 0 Å². The van der Waals surface area contributed by atoms with Crippen molar-refractivity contribution in [2.75, 3.05) is 16.3 Å². The summed E-state index contributed by atoms with van der Waals surface area (Å²) in [6.45, 7) is 3.87. The normalized spacial score (nSPS) is 11.5. The Labute approximate surface area is 196 Å². The van der Waals surface area contributed by atoms with Crippen LogP contribution < -0.4 is 20.3 Å². The largest absolute Gasteiger partial charge is 0.491 e. The average Bonchev–Trinajstić information content (AvgIpc) is 3.18. The molecule has 0 aliphatic carbocycles. The minimum Gasteiger partial charge on any atom is -0.491 e. The highest BCUT2D eigenvalue weighted by Crippen LogP contribution is 2.22. The highest BCUT2D eigenvalue weighted by molar-refractivity contribution is 7.92. The van der Waals surface area contributed by atoms with Crippen LogP contribution in [0.25, 0.3) is 16.7 Å². The molecule has 0 fully saturated rings. The van der Waals surface area contributed by atoms with Gasteiger partial charge in [-0.1, -0.05) is 6.07 Å². The molecule has 0 unspecified atom stereocenters. The minimum absolute atomic E-state index is 0.0318. The van der Waals surface area contributed by atoms with Crippen molar-refractivity contribution >= 4 is 38.3 Å². The molecule has 3 N–H and O–H groups in total. The first-order chi connectivity index (χ1) is 16.1. The van der Waals surface area contributed by atoms with Gasteiger partial charge < -0.3 is 15.0 Å². The number of aromatic nitrogens is 2. The van der Waals surface area contributed by atoms with Gasteiger partial charge in [0.25, 0.3) is 11.5 Å². The van der Waals surface area contributed by atoms with Crippen molar-refractivity contribution in [1.82, 2.24) is 9.55 Å². The third kappa shape index (κ3) is 5.29. The number of anilines is 2. The fourth-order valence-corrected chi connectivity index (χ4v) is 4.07. The van der Waals surface area contributed by atoms with Crippen molar-refractivity contribution < 1.29 is 17.9 Å². The van der Waals surface area contributed by atoms with Crippen LogP contribution in [0.15, 0.2) is 71.5 Å². The minimum atomic E-state index is -3.45. The summed E-state index contributed by atoms with van der Waals surface area (Å²) in [5, 5.41) is 3.42. The maximum atomic E-state index is 12.9. The van der Waals surface area contributed by atoms with E-state index in [9.17, 15) is 18.0 Å². The Morgan fingerprint density at radius 2 is 1.71 bits per heavy atom. The highest BCUT2D eigenvalue weighted by Gasteiger charge is 2.14. The van der Waals surface area contributed by atoms with E-state index in [1.165, 1.54) is 16.7 Å². The van der Waals surface area contributed by atoms with E-state index in [2.05, 4.69) is 15.0 Å². The Balaban J connectivity index is 1.64. The van der Waals surface area contributed by atoms with Gasteiger partial charge in [-0.25, -0.2) is 8.42 Å². The van der Waals surface area contributed by atoms with Crippen LogP contribution in [0.4, 0.5) is 11.4 Å². The molecule has 1 amide bonds. The van der Waals surface area contributed by atoms with Gasteiger partial charge >= 0.3 is 0 Å². The Morgan fingerprint density at radius 3 is 2.38 bits per heavy atom. The van der Waals surface area contributed by atoms with Crippen LogP contribution in [0.5, 0.6) is 5.75 Å². The summed E-state index contributed by atoms with van der Waals surface area (Å²) < 4.78 is 32.4. The Morgan fingerprint density at radius 1 is 1.00 bits per heavy atom. The third-order valence-corrected chi connectivity index (χ3v) is 5.42. The van der Waals surface area contributed by atoms with Crippen LogP contribution >= 0.6 is 0 Å². The van der Waals surface area contributed by atoms with Gasteiger partial charge in [0.1, 0.15) is 17.1 Å². The van der Waals surface area contributed by atoms with Gasteiger partial charge in [-0.05, 0) is 68.4 Å². The summed E-state index contributed by atoms with van der Waals surface area (Å²) in [6.07, 6.45) is 1.08. The zero-order chi connectivity index (χ0) is 24.5. The van der Waals surface area contributed by atoms with E-state index in [-0.39, 0.29) is 17.4 Å². The summed E-state index contributed by atoms with van der Waals surface area (Å²) in [4.78, 5) is 28.6. The van der Waals surface area contributed by atoms with Crippen molar-refractivity contribution in [3.8, 4) is 11.4 Å². The number of carbonyl (C=O) groups excluding carboxylic acids is 1. The van der Waals surface area contributed by atoms with Crippen LogP contribution in [0.1, 0.15) is 24.3 Å². The number of sulfonamides is 1. The maximum absolute atomic E-state index is 12.9. The molecular weight excluding hydrogens is 456 g/mol. The van der Waals surface area contributed by atoms with Crippen LogP contribution in [0, 0.1) is 0 Å². The Kier molecular flexibility index (Phi) is 6.16. The third-order valence-electron chi connectivity index (χ3n) is 4.81. The van der Waals surface area contributed by atoms with E-state index in [0.29, 0.717) is 33.8 Å². The fraction of sp³-hybridized carbons (Fsp3) is 0.167. The summed E-state index contributed by atoms with van der Waals surface area (Å²) >= 11 is 0. The maximum Gasteiger partial charge on any atom is 0.272 e. The Bertz CT molecular complexity index is 1520. The first-order valence-corrected chi connectivity index (χ1v) is 12.4. The van der Waals surface area contributed by atoms with Crippen molar-refractivity contribution in [3.63, 3.8) is 0 Å². The Hall–Kier alpha value is -4.05. The molecule has 0 bridgehead atoms. The number of hydrogen-bond donors (Lipinski definition) is 3. The molecule has 2 aromatic carbocycles. The number of ether oxygens (including phenoxy) is 1. The second-order valence-corrected chi connectivity index (χ2v) is 9.81. The SMILES string of the molecule is CC(C)Oc1ccc(-n2c(=O)ccc3cc(C(=O)Nc4cccc(NS(C)(=O)=O)c4)[nH]c32)cc1. The molecular formula is C24H24N4O5S. The number of carbonyl (C=O) groups is 1. The lowest BCUT2D eigenvalue weighted by molar-refractivity contribution is 0.102. The van der Waals surface area contributed by atoms with Crippen LogP contribution in [0.3, 0.4) is 0 Å². The van der Waals surface area contributed by atoms with Crippen molar-refractivity contribution in [2.45, 2.75) is 20.0 Å². The number of H-pyrrole nitrogens is 1. The molecule has 2 aromatic heterocycles. The number of nitrogens with one attached hydrogen (secondary N) is 3. The summed E-state index contributed by atoms with van der Waals surface area (Å²) in [6, 6.07) is 18.2. The highest BCUT2D eigenvalue weighted by atomic mass is 32.2.